The van der Waals surface area contributed by atoms with E-state index in [1.54, 1.807) is 77.7 Å². The molecule has 0 amide bonds. The van der Waals surface area contributed by atoms with Crippen LogP contribution in [0, 0.1) is 11.6 Å². The van der Waals surface area contributed by atoms with Crippen molar-refractivity contribution in [2.75, 3.05) is 4.86 Å². The maximum absolute atomic E-state index is 14.8. The maximum atomic E-state index is 14.8. The van der Waals surface area contributed by atoms with Gasteiger partial charge in [-0.15, -0.1) is 0 Å². The van der Waals surface area contributed by atoms with E-state index in [9.17, 15) is 13.9 Å². The first-order valence-electron chi connectivity index (χ1n) is 19.0. The predicted molar refractivity (Wildman–Crippen MR) is 249 cm³/mol. The summed E-state index contributed by atoms with van der Waals surface area (Å²) in [5.41, 5.74) is 0.914. The molecule has 2 heterocycles. The third-order valence-electron chi connectivity index (χ3n) is 9.08. The van der Waals surface area contributed by atoms with E-state index in [0.717, 1.165) is 17.7 Å². The second kappa shape index (κ2) is 21.4. The highest BCUT2D eigenvalue weighted by Gasteiger charge is 2.36. The van der Waals surface area contributed by atoms with E-state index in [-0.39, 0.29) is 12.0 Å². The van der Waals surface area contributed by atoms with Gasteiger partial charge in [0.05, 0.1) is 33.6 Å². The van der Waals surface area contributed by atoms with Crippen LogP contribution in [0.1, 0.15) is 86.7 Å². The average Bonchev–Trinajstić information content (AvgIpc) is 3.78. The summed E-state index contributed by atoms with van der Waals surface area (Å²) >= 11 is 33.8. The third-order valence-corrected chi connectivity index (χ3v) is 11.3. The Balaban J connectivity index is 0.000000282. The zero-order valence-electron chi connectivity index (χ0n) is 35.7. The Bertz CT molecular complexity index is 2510. The fourth-order valence-electron chi connectivity index (χ4n) is 6.29. The molecule has 0 saturated carbocycles. The number of rotatable bonds is 8. The van der Waals surface area contributed by atoms with Crippen LogP contribution in [0.5, 0.6) is 0 Å². The molecule has 1 N–H and O–H groups in total. The lowest BCUT2D eigenvalue weighted by Gasteiger charge is -2.28. The number of benzene rings is 4. The Morgan fingerprint density at radius 3 is 1.42 bits per heavy atom. The highest BCUT2D eigenvalue weighted by Crippen LogP contribution is 2.43. The summed E-state index contributed by atoms with van der Waals surface area (Å²) in [5, 5.41) is 12.6. The standard InChI is InChI=1S/C21H20BrCl2FN2O.C20H18BrCl2FN2.CH3I.CO2/c1-20(2,18-13(23)6-5-7-14(18)24)19-26-17(21(3,4)28)11-27(19)16-9-8-12(22)10-15(16)25;1-4-13-11-26(17-9-8-12(21)10-16(17)24)19(25-13)20(2,3)18-14(22)6-5-7-15(18)23;1-2;2-1-3/h5-11,28H,1-4H3;5-11H,4H2,1-3H3;1H3;/i;;1+1D3;. The molecule has 0 fully saturated rings. The number of carbonyl (C=O) groups excluding carboxylic acids is 2. The molecule has 0 unspecified atom stereocenters. The van der Waals surface area contributed by atoms with Gasteiger partial charge in [-0.05, 0) is 113 Å². The Morgan fingerprint density at radius 1 is 0.729 bits per heavy atom. The molecular formula is C43H41Br2Cl4F2IN4O3. The van der Waals surface area contributed by atoms with Gasteiger partial charge >= 0.3 is 6.15 Å². The van der Waals surface area contributed by atoms with Gasteiger partial charge in [0.25, 0.3) is 0 Å². The van der Waals surface area contributed by atoms with Crippen molar-refractivity contribution >= 4 is 107 Å². The largest absolute Gasteiger partial charge is 0.384 e. The number of alkyl halides is 1. The van der Waals surface area contributed by atoms with E-state index in [0.29, 0.717) is 63.3 Å². The van der Waals surface area contributed by atoms with Crippen LogP contribution in [0.3, 0.4) is 0 Å². The average molecular weight is 1130 g/mol. The van der Waals surface area contributed by atoms with Crippen LogP contribution in [0.2, 0.25) is 20.1 Å². The molecule has 16 heteroatoms. The normalized spacial score (nSPS) is 12.3. The molecule has 6 aromatic rings. The molecule has 59 heavy (non-hydrogen) atoms. The molecule has 0 aliphatic rings. The Kier molecular flexibility index (Phi) is 16.7. The van der Waals surface area contributed by atoms with Gasteiger partial charge in [0, 0.05) is 56.7 Å². The predicted octanol–water partition coefficient (Wildman–Crippen LogP) is 14.1. The number of halogens is 9. The molecule has 0 spiro atoms. The number of hydrogen-bond donors (Lipinski definition) is 1. The van der Waals surface area contributed by atoms with Crippen molar-refractivity contribution < 1.29 is 27.6 Å². The minimum absolute atomic E-state index is 0.250. The molecule has 2 aromatic heterocycles. The second-order valence-corrected chi connectivity index (χ2v) is 17.8. The summed E-state index contributed by atoms with van der Waals surface area (Å²) in [6.07, 6.45) is 4.51. The summed E-state index contributed by atoms with van der Waals surface area (Å²) in [6.45, 7) is 13.1. The molecule has 314 valence electrons. The molecule has 0 aliphatic carbocycles. The summed E-state index contributed by atoms with van der Waals surface area (Å²) < 4.78 is 53.0. The number of nitrogens with zero attached hydrogens (tertiary/aromatic N) is 4. The van der Waals surface area contributed by atoms with E-state index < -0.39 is 27.1 Å². The fraction of sp³-hybridized carbons (Fsp3) is 0.279. The zero-order valence-corrected chi connectivity index (χ0v) is 41.1. The molecule has 0 aliphatic heterocycles. The first-order valence-corrected chi connectivity index (χ1v) is 21.7. The van der Waals surface area contributed by atoms with Crippen LogP contribution < -0.4 is 0 Å². The smallest absolute Gasteiger partial charge is 0.373 e. The number of imidazole rings is 2. The van der Waals surface area contributed by atoms with Crippen LogP contribution in [0.25, 0.3) is 11.4 Å². The molecular weight excluding hydrogens is 1090 g/mol. The van der Waals surface area contributed by atoms with E-state index >= 15 is 0 Å². The van der Waals surface area contributed by atoms with Gasteiger partial charge in [-0.1, -0.05) is 120 Å². The first kappa shape index (κ1) is 45.9. The maximum Gasteiger partial charge on any atom is 0.373 e. The Morgan fingerprint density at radius 2 is 1.08 bits per heavy atom. The SMILES string of the molecule is CC(C)(O)c1cn(-c2ccc(Br)cc2F)c(C(C)(C)c2c(Cl)cccc2Cl)n1.CCc1cn(-c2ccc(Br)cc2F)c(C(C)(C)c2c(Cl)cccc2Cl)n1.O=C=O.[2H][13C]([2H])([2H])I. The second-order valence-electron chi connectivity index (χ2n) is 14.4. The quantitative estimate of drug-likeness (QED) is 0.0932. The first-order chi connectivity index (χ1) is 28.6. The van der Waals surface area contributed by atoms with Gasteiger partial charge in [0.15, 0.2) is 0 Å². The van der Waals surface area contributed by atoms with Crippen LogP contribution in [0.4, 0.5) is 8.78 Å². The van der Waals surface area contributed by atoms with Crippen molar-refractivity contribution in [2.24, 2.45) is 0 Å². The summed E-state index contributed by atoms with van der Waals surface area (Å²) in [5.74, 6) is 0.449. The lowest BCUT2D eigenvalue weighted by atomic mass is 9.83. The summed E-state index contributed by atoms with van der Waals surface area (Å²) in [6, 6.07) is 20.5. The minimum atomic E-state index is -1.78. The lowest BCUT2D eigenvalue weighted by Crippen LogP contribution is -2.25. The Hall–Kier alpha value is -2.65. The topological polar surface area (TPSA) is 90.0 Å². The lowest BCUT2D eigenvalue weighted by molar-refractivity contribution is -0.191. The van der Waals surface area contributed by atoms with Crippen molar-refractivity contribution in [1.29, 1.82) is 0 Å². The van der Waals surface area contributed by atoms with E-state index in [2.05, 4.69) is 36.8 Å². The molecule has 0 bridgehead atoms. The van der Waals surface area contributed by atoms with Crippen LogP contribution in [0.15, 0.2) is 94.1 Å². The summed E-state index contributed by atoms with van der Waals surface area (Å²) in [4.78, 5) is 23.9. The monoisotopic (exact) mass is 1130 g/mol. The Labute approximate surface area is 398 Å². The molecule has 6 rings (SSSR count). The third kappa shape index (κ3) is 11.8. The highest BCUT2D eigenvalue weighted by molar-refractivity contribution is 14.1. The van der Waals surface area contributed by atoms with Crippen molar-refractivity contribution in [3.05, 3.63) is 160 Å². The van der Waals surface area contributed by atoms with Gasteiger partial charge in [-0.2, -0.15) is 9.59 Å². The molecule has 7 nitrogen and oxygen atoms in total. The number of hydrogen-bond acceptors (Lipinski definition) is 5. The van der Waals surface area contributed by atoms with Gasteiger partial charge in [0.1, 0.15) is 28.9 Å². The highest BCUT2D eigenvalue weighted by atomic mass is 127. The summed E-state index contributed by atoms with van der Waals surface area (Å²) in [7, 11) is 0. The van der Waals surface area contributed by atoms with Crippen molar-refractivity contribution in [3.8, 4) is 11.4 Å². The van der Waals surface area contributed by atoms with Crippen molar-refractivity contribution in [3.63, 3.8) is 0 Å². The molecule has 0 radical (unpaired) electrons. The van der Waals surface area contributed by atoms with E-state index in [1.807, 2.05) is 52.9 Å². The van der Waals surface area contributed by atoms with Crippen LogP contribution in [-0.2, 0) is 32.4 Å². The minimum Gasteiger partial charge on any atom is -0.384 e. The van der Waals surface area contributed by atoms with Crippen molar-refractivity contribution in [2.45, 2.75) is 71.3 Å². The van der Waals surface area contributed by atoms with Crippen LogP contribution in [-0.4, -0.2) is 35.2 Å². The van der Waals surface area contributed by atoms with E-state index in [4.69, 9.17) is 65.1 Å². The van der Waals surface area contributed by atoms with Crippen molar-refractivity contribution in [1.82, 2.24) is 19.1 Å². The van der Waals surface area contributed by atoms with E-state index in [1.165, 1.54) is 34.7 Å². The molecule has 0 saturated heterocycles. The van der Waals surface area contributed by atoms with Gasteiger partial charge < -0.3 is 5.11 Å². The number of aliphatic hydroxyl groups is 1. The fourth-order valence-corrected chi connectivity index (χ4v) is 8.70. The van der Waals surface area contributed by atoms with Gasteiger partial charge in [-0.3, -0.25) is 9.13 Å². The van der Waals surface area contributed by atoms with Crippen LogP contribution >= 0.6 is 101 Å². The number of aromatic nitrogens is 4. The molecule has 0 atom stereocenters. The number of aryl methyl sites for hydroxylation is 1. The van der Waals surface area contributed by atoms with Gasteiger partial charge in [0.2, 0.25) is 0 Å². The zero-order chi connectivity index (χ0) is 47.1. The van der Waals surface area contributed by atoms with Gasteiger partial charge in [-0.25, -0.2) is 18.7 Å². The molecule has 4 aromatic carbocycles.